The van der Waals surface area contributed by atoms with E-state index in [2.05, 4.69) is 31.2 Å². The van der Waals surface area contributed by atoms with Gasteiger partial charge in [-0.15, -0.1) is 0 Å². The van der Waals surface area contributed by atoms with E-state index in [1.807, 2.05) is 85.9 Å². The average Bonchev–Trinajstić information content (AvgIpc) is 3.53. The third-order valence-electron chi connectivity index (χ3n) is 6.54. The van der Waals surface area contributed by atoms with Gasteiger partial charge < -0.3 is 24.8 Å². The number of carbonyl (C=O) groups excluding carboxylic acids is 1. The number of methoxy groups -OCH3 is 1. The fourth-order valence-corrected chi connectivity index (χ4v) is 5.07. The number of para-hydroxylation sites is 2. The van der Waals surface area contributed by atoms with Crippen molar-refractivity contribution in [3.8, 4) is 11.4 Å². The van der Waals surface area contributed by atoms with Gasteiger partial charge in [0.25, 0.3) is 0 Å². The van der Waals surface area contributed by atoms with E-state index in [0.717, 1.165) is 34.1 Å². The number of carbonyl (C=O) groups is 1. The summed E-state index contributed by atoms with van der Waals surface area (Å²) in [6, 6.07) is 25.3. The highest BCUT2D eigenvalue weighted by Gasteiger charge is 2.41. The number of aryl methyl sites for hydroxylation is 1. The van der Waals surface area contributed by atoms with Crippen LogP contribution in [0.25, 0.3) is 5.69 Å². The number of pyridine rings is 1. The highest BCUT2D eigenvalue weighted by atomic mass is 32.1. The molecule has 1 aliphatic rings. The van der Waals surface area contributed by atoms with Crippen LogP contribution >= 0.6 is 12.2 Å². The molecule has 0 saturated carbocycles. The number of rotatable bonds is 8. The zero-order valence-corrected chi connectivity index (χ0v) is 21.6. The van der Waals surface area contributed by atoms with E-state index in [1.54, 1.807) is 13.3 Å². The van der Waals surface area contributed by atoms with Crippen LogP contribution in [0, 0.1) is 6.92 Å². The zero-order chi connectivity index (χ0) is 25.8. The predicted molar refractivity (Wildman–Crippen MR) is 149 cm³/mol. The fourth-order valence-electron chi connectivity index (χ4n) is 4.73. The molecule has 1 fully saturated rings. The maximum atomic E-state index is 12.8. The minimum Gasteiger partial charge on any atom is -0.495 e. The normalized spacial score (nSPS) is 16.9. The Labute approximate surface area is 222 Å². The molecule has 2 aromatic carbocycles. The Kier molecular flexibility index (Phi) is 7.18. The molecule has 1 aliphatic heterocycles. The van der Waals surface area contributed by atoms with E-state index in [-0.39, 0.29) is 24.4 Å². The molecule has 2 atom stereocenters. The largest absolute Gasteiger partial charge is 0.495 e. The smallest absolute Gasteiger partial charge is 0.226 e. The van der Waals surface area contributed by atoms with Crippen LogP contribution in [0.5, 0.6) is 5.75 Å². The van der Waals surface area contributed by atoms with Crippen molar-refractivity contribution in [2.24, 2.45) is 0 Å². The molecule has 7 nitrogen and oxygen atoms in total. The molecule has 2 aromatic heterocycles. The molecular formula is C29H29N5O2S. The van der Waals surface area contributed by atoms with Gasteiger partial charge in [0.15, 0.2) is 5.11 Å². The summed E-state index contributed by atoms with van der Waals surface area (Å²) in [4.78, 5) is 19.6. The first-order valence-corrected chi connectivity index (χ1v) is 12.6. The van der Waals surface area contributed by atoms with Gasteiger partial charge in [0.05, 0.1) is 30.6 Å². The number of thiocarbonyl (C=S) groups is 1. The highest BCUT2D eigenvalue weighted by Crippen LogP contribution is 2.40. The standard InChI is InChI=1S/C29H29N5O2S/c1-20-12-14-21(15-13-20)31-26(35)16-19-34-28(27(32-29(34)37)22-8-5-6-17-30-22)24-10-7-18-33(24)23-9-3-4-11-25(23)36-2/h3-15,17-18,27-28H,16,19H2,1-2H3,(H,31,35)(H,32,37)/t27-,28-/m0/s1. The Morgan fingerprint density at radius 3 is 2.59 bits per heavy atom. The number of nitrogens with one attached hydrogen (secondary N) is 2. The summed E-state index contributed by atoms with van der Waals surface area (Å²) in [5.41, 5.74) is 4.76. The quantitative estimate of drug-likeness (QED) is 0.317. The summed E-state index contributed by atoms with van der Waals surface area (Å²) in [7, 11) is 1.67. The molecule has 0 spiro atoms. The summed E-state index contributed by atoms with van der Waals surface area (Å²) < 4.78 is 7.77. The first-order valence-electron chi connectivity index (χ1n) is 12.2. The number of nitrogens with zero attached hydrogens (tertiary/aromatic N) is 3. The fraction of sp³-hybridized carbons (Fsp3) is 0.207. The molecular weight excluding hydrogens is 482 g/mol. The molecule has 188 valence electrons. The van der Waals surface area contributed by atoms with Gasteiger partial charge >= 0.3 is 0 Å². The van der Waals surface area contributed by atoms with Gasteiger partial charge in [-0.25, -0.2) is 0 Å². The maximum Gasteiger partial charge on any atom is 0.226 e. The van der Waals surface area contributed by atoms with E-state index in [9.17, 15) is 4.79 Å². The molecule has 8 heteroatoms. The molecule has 0 radical (unpaired) electrons. The van der Waals surface area contributed by atoms with E-state index in [1.165, 1.54) is 0 Å². The topological polar surface area (TPSA) is 71.4 Å². The number of hydrogen-bond acceptors (Lipinski definition) is 4. The van der Waals surface area contributed by atoms with Crippen LogP contribution in [0.15, 0.2) is 91.3 Å². The first-order chi connectivity index (χ1) is 18.0. The van der Waals surface area contributed by atoms with E-state index in [4.69, 9.17) is 17.0 Å². The van der Waals surface area contributed by atoms with Crippen LogP contribution in [0.2, 0.25) is 0 Å². The molecule has 2 N–H and O–H groups in total. The van der Waals surface area contributed by atoms with Gasteiger partial charge in [-0.1, -0.05) is 35.9 Å². The van der Waals surface area contributed by atoms with Gasteiger partial charge in [-0.05, 0) is 67.7 Å². The van der Waals surface area contributed by atoms with Crippen LogP contribution in [-0.2, 0) is 4.79 Å². The maximum absolute atomic E-state index is 12.8. The number of benzene rings is 2. The van der Waals surface area contributed by atoms with Crippen LogP contribution < -0.4 is 15.4 Å². The number of ether oxygens (including phenoxy) is 1. The molecule has 1 saturated heterocycles. The second-order valence-corrected chi connectivity index (χ2v) is 9.35. The van der Waals surface area contributed by atoms with Crippen molar-refractivity contribution in [2.75, 3.05) is 19.0 Å². The predicted octanol–water partition coefficient (Wildman–Crippen LogP) is 5.19. The summed E-state index contributed by atoms with van der Waals surface area (Å²) in [5.74, 6) is 0.707. The number of amides is 1. The summed E-state index contributed by atoms with van der Waals surface area (Å²) in [6.45, 7) is 2.47. The average molecular weight is 512 g/mol. The van der Waals surface area contributed by atoms with Crippen LogP contribution in [-0.4, -0.2) is 39.1 Å². The van der Waals surface area contributed by atoms with Gasteiger partial charge in [0.1, 0.15) is 5.75 Å². The third-order valence-corrected chi connectivity index (χ3v) is 6.89. The lowest BCUT2D eigenvalue weighted by molar-refractivity contribution is -0.116. The van der Waals surface area contributed by atoms with Crippen molar-refractivity contribution in [3.05, 3.63) is 108 Å². The van der Waals surface area contributed by atoms with Crippen molar-refractivity contribution in [1.29, 1.82) is 0 Å². The van der Waals surface area contributed by atoms with E-state index < -0.39 is 0 Å². The van der Waals surface area contributed by atoms with Crippen molar-refractivity contribution in [3.63, 3.8) is 0 Å². The Morgan fingerprint density at radius 2 is 1.84 bits per heavy atom. The van der Waals surface area contributed by atoms with Crippen LogP contribution in [0.3, 0.4) is 0 Å². The third kappa shape index (κ3) is 5.20. The van der Waals surface area contributed by atoms with Crippen molar-refractivity contribution in [2.45, 2.75) is 25.4 Å². The number of anilines is 1. The lowest BCUT2D eigenvalue weighted by Gasteiger charge is -2.29. The first kappa shape index (κ1) is 24.5. The number of aromatic nitrogens is 2. The van der Waals surface area contributed by atoms with E-state index in [0.29, 0.717) is 11.7 Å². The molecule has 4 aromatic rings. The molecule has 0 unspecified atom stereocenters. The van der Waals surface area contributed by atoms with Gasteiger partial charge in [-0.2, -0.15) is 0 Å². The Morgan fingerprint density at radius 1 is 1.05 bits per heavy atom. The van der Waals surface area contributed by atoms with Crippen LogP contribution in [0.1, 0.15) is 35.5 Å². The van der Waals surface area contributed by atoms with Gasteiger partial charge in [0.2, 0.25) is 5.91 Å². The monoisotopic (exact) mass is 511 g/mol. The SMILES string of the molecule is COc1ccccc1-n1cccc1[C@H]1[C@H](c2ccccn2)NC(=S)N1CCC(=O)Nc1ccc(C)cc1. The molecule has 0 aliphatic carbocycles. The highest BCUT2D eigenvalue weighted by molar-refractivity contribution is 7.80. The summed E-state index contributed by atoms with van der Waals surface area (Å²) in [6.07, 6.45) is 4.09. The second kappa shape index (κ2) is 10.8. The molecule has 3 heterocycles. The van der Waals surface area contributed by atoms with E-state index >= 15 is 0 Å². The minimum atomic E-state index is -0.186. The van der Waals surface area contributed by atoms with Crippen molar-refractivity contribution < 1.29 is 9.53 Å². The Hall–Kier alpha value is -4.17. The summed E-state index contributed by atoms with van der Waals surface area (Å²) >= 11 is 5.79. The zero-order valence-electron chi connectivity index (χ0n) is 20.8. The lowest BCUT2D eigenvalue weighted by Crippen LogP contribution is -2.33. The van der Waals surface area contributed by atoms with Crippen molar-refractivity contribution in [1.82, 2.24) is 19.8 Å². The van der Waals surface area contributed by atoms with Gasteiger partial charge in [-0.3, -0.25) is 9.78 Å². The lowest BCUT2D eigenvalue weighted by atomic mass is 10.0. The van der Waals surface area contributed by atoms with Gasteiger partial charge in [0, 0.05) is 36.7 Å². The Balaban J connectivity index is 1.45. The minimum absolute atomic E-state index is 0.0631. The number of hydrogen-bond donors (Lipinski definition) is 2. The Bertz CT molecular complexity index is 1390. The molecule has 1 amide bonds. The second-order valence-electron chi connectivity index (χ2n) is 8.96. The molecule has 37 heavy (non-hydrogen) atoms. The summed E-state index contributed by atoms with van der Waals surface area (Å²) in [5, 5.41) is 7.05. The molecule has 5 rings (SSSR count). The van der Waals surface area contributed by atoms with Crippen molar-refractivity contribution >= 4 is 28.9 Å². The molecule has 0 bridgehead atoms. The van der Waals surface area contributed by atoms with Crippen LogP contribution in [0.4, 0.5) is 5.69 Å².